The average Bonchev–Trinajstić information content (AvgIpc) is 3.08. The monoisotopic (exact) mass is 355 g/mol. The molecule has 0 aliphatic carbocycles. The van der Waals surface area contributed by atoms with Crippen molar-refractivity contribution in [3.8, 4) is 0 Å². The van der Waals surface area contributed by atoms with Gasteiger partial charge in [-0.1, -0.05) is 17.7 Å². The summed E-state index contributed by atoms with van der Waals surface area (Å²) in [4.78, 5) is 14.2. The molecule has 1 saturated heterocycles. The van der Waals surface area contributed by atoms with Crippen molar-refractivity contribution >= 4 is 29.0 Å². The van der Waals surface area contributed by atoms with Crippen LogP contribution in [0, 0.1) is 0 Å². The summed E-state index contributed by atoms with van der Waals surface area (Å²) < 4.78 is 2.04. The number of carbonyl (C=O) groups excluding carboxylic acids is 1. The van der Waals surface area contributed by atoms with E-state index in [9.17, 15) is 4.79 Å². The number of rotatable bonds is 2. The molecular formula is C18H18ClN5O. The Labute approximate surface area is 150 Å². The third-order valence-electron chi connectivity index (χ3n) is 4.58. The van der Waals surface area contributed by atoms with Crippen LogP contribution in [0.15, 0.2) is 48.7 Å². The lowest BCUT2D eigenvalue weighted by atomic mass is 9.96. The van der Waals surface area contributed by atoms with Gasteiger partial charge in [-0.3, -0.25) is 4.40 Å². The van der Waals surface area contributed by atoms with Crippen LogP contribution in [0.5, 0.6) is 0 Å². The highest BCUT2D eigenvalue weighted by Gasteiger charge is 2.26. The van der Waals surface area contributed by atoms with Gasteiger partial charge in [0.2, 0.25) is 0 Å². The molecule has 1 N–H and O–H groups in total. The second kappa shape index (κ2) is 6.72. The fourth-order valence-electron chi connectivity index (χ4n) is 3.21. The molecule has 0 bridgehead atoms. The first-order valence-electron chi connectivity index (χ1n) is 8.32. The Morgan fingerprint density at radius 2 is 1.84 bits per heavy atom. The quantitative estimate of drug-likeness (QED) is 0.760. The number of nitrogens with zero attached hydrogens (tertiary/aromatic N) is 4. The Bertz CT molecular complexity index is 884. The first-order valence-corrected chi connectivity index (χ1v) is 8.69. The van der Waals surface area contributed by atoms with Crippen molar-refractivity contribution < 1.29 is 4.79 Å². The number of likely N-dealkylation sites (tertiary alicyclic amines) is 1. The van der Waals surface area contributed by atoms with Crippen LogP contribution >= 0.6 is 11.6 Å². The molecule has 0 radical (unpaired) electrons. The van der Waals surface area contributed by atoms with Gasteiger partial charge in [0, 0.05) is 35.9 Å². The van der Waals surface area contributed by atoms with E-state index in [4.69, 9.17) is 11.6 Å². The Balaban J connectivity index is 1.39. The zero-order valence-corrected chi connectivity index (χ0v) is 14.4. The standard InChI is InChI=1S/C18H18ClN5O/c19-14-4-6-15(7-5-14)20-18(25)23-11-8-13(9-12-23)17-22-21-16-3-1-2-10-24(16)17/h1-7,10,13H,8-9,11-12H2,(H,20,25). The van der Waals surface area contributed by atoms with Crippen molar-refractivity contribution in [1.82, 2.24) is 19.5 Å². The first kappa shape index (κ1) is 15.9. The Morgan fingerprint density at radius 3 is 2.60 bits per heavy atom. The molecule has 4 rings (SSSR count). The molecule has 0 saturated carbocycles. The molecule has 1 aromatic carbocycles. The Hall–Kier alpha value is -2.60. The number of amides is 2. The summed E-state index contributed by atoms with van der Waals surface area (Å²) in [5.74, 6) is 1.30. The van der Waals surface area contributed by atoms with Gasteiger partial charge in [-0.2, -0.15) is 0 Å². The number of benzene rings is 1. The van der Waals surface area contributed by atoms with Crippen LogP contribution < -0.4 is 5.32 Å². The summed E-state index contributed by atoms with van der Waals surface area (Å²) in [6, 6.07) is 12.9. The summed E-state index contributed by atoms with van der Waals surface area (Å²) in [5, 5.41) is 12.1. The van der Waals surface area contributed by atoms with E-state index in [-0.39, 0.29) is 6.03 Å². The molecule has 1 aliphatic heterocycles. The molecule has 2 aromatic heterocycles. The maximum atomic E-state index is 12.4. The second-order valence-electron chi connectivity index (χ2n) is 6.19. The van der Waals surface area contributed by atoms with Gasteiger partial charge in [0.05, 0.1) is 0 Å². The van der Waals surface area contributed by atoms with Crippen LogP contribution in [-0.4, -0.2) is 38.6 Å². The van der Waals surface area contributed by atoms with E-state index >= 15 is 0 Å². The molecule has 1 fully saturated rings. The molecule has 1 aliphatic rings. The van der Waals surface area contributed by atoms with Gasteiger partial charge in [0.15, 0.2) is 5.65 Å². The zero-order valence-electron chi connectivity index (χ0n) is 13.6. The SMILES string of the molecule is O=C(Nc1ccc(Cl)cc1)N1CCC(c2nnc3ccccn23)CC1. The normalized spacial score (nSPS) is 15.5. The van der Waals surface area contributed by atoms with Gasteiger partial charge in [-0.05, 0) is 49.2 Å². The minimum atomic E-state index is -0.0770. The van der Waals surface area contributed by atoms with Crippen LogP contribution in [0.25, 0.3) is 5.65 Å². The van der Waals surface area contributed by atoms with E-state index in [1.165, 1.54) is 0 Å². The molecule has 3 aromatic rings. The number of halogens is 1. The summed E-state index contributed by atoms with van der Waals surface area (Å²) >= 11 is 5.87. The molecule has 2 amide bonds. The van der Waals surface area contributed by atoms with Crippen LogP contribution in [-0.2, 0) is 0 Å². The third kappa shape index (κ3) is 3.30. The predicted octanol–water partition coefficient (Wildman–Crippen LogP) is 3.79. The average molecular weight is 356 g/mol. The van der Waals surface area contributed by atoms with E-state index < -0.39 is 0 Å². The molecular weight excluding hydrogens is 338 g/mol. The first-order chi connectivity index (χ1) is 12.2. The number of nitrogens with one attached hydrogen (secondary N) is 1. The smallest absolute Gasteiger partial charge is 0.321 e. The highest BCUT2D eigenvalue weighted by Crippen LogP contribution is 2.27. The molecule has 3 heterocycles. The number of hydrogen-bond acceptors (Lipinski definition) is 3. The number of aromatic nitrogens is 3. The van der Waals surface area contributed by atoms with Crippen LogP contribution in [0.3, 0.4) is 0 Å². The van der Waals surface area contributed by atoms with E-state index in [1.54, 1.807) is 24.3 Å². The van der Waals surface area contributed by atoms with Gasteiger partial charge >= 0.3 is 6.03 Å². The number of piperidine rings is 1. The number of anilines is 1. The summed E-state index contributed by atoms with van der Waals surface area (Å²) in [5.41, 5.74) is 1.61. The van der Waals surface area contributed by atoms with E-state index in [0.29, 0.717) is 24.0 Å². The number of pyridine rings is 1. The van der Waals surface area contributed by atoms with Crippen molar-refractivity contribution in [2.24, 2.45) is 0 Å². The fourth-order valence-corrected chi connectivity index (χ4v) is 3.34. The topological polar surface area (TPSA) is 62.5 Å². The van der Waals surface area contributed by atoms with E-state index in [2.05, 4.69) is 15.5 Å². The predicted molar refractivity (Wildman–Crippen MR) is 97.0 cm³/mol. The lowest BCUT2D eigenvalue weighted by molar-refractivity contribution is 0.193. The Kier molecular flexibility index (Phi) is 4.28. The molecule has 6 nitrogen and oxygen atoms in total. The molecule has 0 spiro atoms. The zero-order chi connectivity index (χ0) is 17.2. The van der Waals surface area contributed by atoms with Gasteiger partial charge in [-0.15, -0.1) is 10.2 Å². The molecule has 0 atom stereocenters. The van der Waals surface area contributed by atoms with Crippen molar-refractivity contribution in [1.29, 1.82) is 0 Å². The summed E-state index contributed by atoms with van der Waals surface area (Å²) in [7, 11) is 0. The molecule has 0 unspecified atom stereocenters. The number of fused-ring (bicyclic) bond motifs is 1. The van der Waals surface area contributed by atoms with Crippen LogP contribution in [0.1, 0.15) is 24.6 Å². The summed E-state index contributed by atoms with van der Waals surface area (Å²) in [6.07, 6.45) is 3.75. The maximum absolute atomic E-state index is 12.4. The largest absolute Gasteiger partial charge is 0.324 e. The highest BCUT2D eigenvalue weighted by molar-refractivity contribution is 6.30. The van der Waals surface area contributed by atoms with Gasteiger partial charge in [0.1, 0.15) is 5.82 Å². The molecule has 25 heavy (non-hydrogen) atoms. The third-order valence-corrected chi connectivity index (χ3v) is 4.83. The van der Waals surface area contributed by atoms with E-state index in [1.807, 2.05) is 33.7 Å². The van der Waals surface area contributed by atoms with E-state index in [0.717, 1.165) is 30.0 Å². The Morgan fingerprint density at radius 1 is 1.08 bits per heavy atom. The maximum Gasteiger partial charge on any atom is 0.321 e. The second-order valence-corrected chi connectivity index (χ2v) is 6.62. The lowest BCUT2D eigenvalue weighted by Gasteiger charge is -2.31. The number of hydrogen-bond donors (Lipinski definition) is 1. The van der Waals surface area contributed by atoms with Gasteiger partial charge < -0.3 is 10.2 Å². The fraction of sp³-hybridized carbons (Fsp3) is 0.278. The number of carbonyl (C=O) groups is 1. The minimum Gasteiger partial charge on any atom is -0.324 e. The highest BCUT2D eigenvalue weighted by atomic mass is 35.5. The molecule has 128 valence electrons. The summed E-state index contributed by atoms with van der Waals surface area (Å²) in [6.45, 7) is 1.40. The number of urea groups is 1. The van der Waals surface area contributed by atoms with Gasteiger partial charge in [-0.25, -0.2) is 4.79 Å². The van der Waals surface area contributed by atoms with Crippen molar-refractivity contribution in [2.45, 2.75) is 18.8 Å². The van der Waals surface area contributed by atoms with Crippen molar-refractivity contribution in [3.05, 3.63) is 59.5 Å². The van der Waals surface area contributed by atoms with Crippen molar-refractivity contribution in [3.63, 3.8) is 0 Å². The lowest BCUT2D eigenvalue weighted by Crippen LogP contribution is -2.40. The van der Waals surface area contributed by atoms with Crippen molar-refractivity contribution in [2.75, 3.05) is 18.4 Å². The van der Waals surface area contributed by atoms with Crippen LogP contribution in [0.4, 0.5) is 10.5 Å². The van der Waals surface area contributed by atoms with Crippen LogP contribution in [0.2, 0.25) is 5.02 Å². The van der Waals surface area contributed by atoms with Gasteiger partial charge in [0.25, 0.3) is 0 Å². The minimum absolute atomic E-state index is 0.0770. The molecule has 7 heteroatoms.